The molecular weight excluding hydrogens is 370 g/mol. The highest BCUT2D eigenvalue weighted by Gasteiger charge is 2.35. The summed E-state index contributed by atoms with van der Waals surface area (Å²) in [6, 6.07) is 8.08. The van der Waals surface area contributed by atoms with Crippen LogP contribution in [0.4, 0.5) is 0 Å². The average molecular weight is 402 g/mol. The Bertz CT molecular complexity index is 771. The Morgan fingerprint density at radius 1 is 1.21 bits per heavy atom. The second-order valence-corrected chi connectivity index (χ2v) is 9.36. The molecule has 2 heterocycles. The van der Waals surface area contributed by atoms with E-state index in [4.69, 9.17) is 11.6 Å². The normalized spacial score (nSPS) is 24.5. The van der Waals surface area contributed by atoms with Gasteiger partial charge in [0.2, 0.25) is 0 Å². The SMILES string of the molecule is OC[C@@]1(Cc2cccc(Cl)c2)CCCN(Cc2cn[nH]c2C2CCCCC2)C1. The third kappa shape index (κ3) is 4.61. The second kappa shape index (κ2) is 8.98. The largest absolute Gasteiger partial charge is 0.396 e. The summed E-state index contributed by atoms with van der Waals surface area (Å²) in [5.74, 6) is 0.644. The number of hydrogen-bond donors (Lipinski definition) is 2. The molecule has 28 heavy (non-hydrogen) atoms. The molecular formula is C23H32ClN3O. The minimum Gasteiger partial charge on any atom is -0.396 e. The zero-order chi connectivity index (χ0) is 19.4. The van der Waals surface area contributed by atoms with Gasteiger partial charge in [0.25, 0.3) is 0 Å². The van der Waals surface area contributed by atoms with Crippen LogP contribution in [0.2, 0.25) is 5.02 Å². The van der Waals surface area contributed by atoms with E-state index < -0.39 is 0 Å². The van der Waals surface area contributed by atoms with E-state index in [1.807, 2.05) is 24.4 Å². The first-order valence-corrected chi connectivity index (χ1v) is 11.2. The number of nitrogens with one attached hydrogen (secondary N) is 1. The van der Waals surface area contributed by atoms with Gasteiger partial charge in [-0.15, -0.1) is 0 Å². The maximum absolute atomic E-state index is 10.3. The minimum absolute atomic E-state index is 0.0856. The van der Waals surface area contributed by atoms with Crippen LogP contribution in [0, 0.1) is 5.41 Å². The van der Waals surface area contributed by atoms with Crippen molar-refractivity contribution in [2.75, 3.05) is 19.7 Å². The molecule has 1 aliphatic heterocycles. The van der Waals surface area contributed by atoms with Crippen LogP contribution in [0.5, 0.6) is 0 Å². The van der Waals surface area contributed by atoms with Gasteiger partial charge >= 0.3 is 0 Å². The van der Waals surface area contributed by atoms with E-state index >= 15 is 0 Å². The molecule has 4 rings (SSSR count). The third-order valence-corrected chi connectivity index (χ3v) is 6.94. The molecule has 1 saturated carbocycles. The summed E-state index contributed by atoms with van der Waals surface area (Å²) >= 11 is 6.18. The summed E-state index contributed by atoms with van der Waals surface area (Å²) < 4.78 is 0. The van der Waals surface area contributed by atoms with E-state index in [1.165, 1.54) is 48.9 Å². The molecule has 1 atom stereocenters. The van der Waals surface area contributed by atoms with E-state index in [2.05, 4.69) is 21.2 Å². The quantitative estimate of drug-likeness (QED) is 0.721. The van der Waals surface area contributed by atoms with Gasteiger partial charge < -0.3 is 5.11 Å². The molecule has 2 aromatic rings. The number of halogens is 1. The minimum atomic E-state index is -0.0856. The summed E-state index contributed by atoms with van der Waals surface area (Å²) in [5.41, 5.74) is 3.84. The monoisotopic (exact) mass is 401 g/mol. The lowest BCUT2D eigenvalue weighted by Gasteiger charge is -2.42. The summed E-state index contributed by atoms with van der Waals surface area (Å²) in [6.45, 7) is 3.16. The molecule has 2 aliphatic rings. The zero-order valence-electron chi connectivity index (χ0n) is 16.7. The fraction of sp³-hybridized carbons (Fsp3) is 0.609. The van der Waals surface area contributed by atoms with E-state index in [0.717, 1.165) is 43.9 Å². The molecule has 0 amide bonds. The predicted molar refractivity (Wildman–Crippen MR) is 114 cm³/mol. The summed E-state index contributed by atoms with van der Waals surface area (Å²) in [7, 11) is 0. The van der Waals surface area contributed by atoms with Crippen molar-refractivity contribution in [3.05, 3.63) is 52.3 Å². The van der Waals surface area contributed by atoms with E-state index in [1.54, 1.807) is 0 Å². The van der Waals surface area contributed by atoms with Gasteiger partial charge in [0.05, 0.1) is 12.8 Å². The molecule has 152 valence electrons. The van der Waals surface area contributed by atoms with Crippen LogP contribution < -0.4 is 0 Å². The summed E-state index contributed by atoms with van der Waals surface area (Å²) in [4.78, 5) is 2.52. The van der Waals surface area contributed by atoms with Crippen molar-refractivity contribution in [2.24, 2.45) is 5.41 Å². The molecule has 5 heteroatoms. The number of benzene rings is 1. The van der Waals surface area contributed by atoms with Gasteiger partial charge in [-0.3, -0.25) is 10.00 Å². The number of piperidine rings is 1. The van der Waals surface area contributed by atoms with Crippen LogP contribution >= 0.6 is 11.6 Å². The van der Waals surface area contributed by atoms with Crippen molar-refractivity contribution in [2.45, 2.75) is 63.8 Å². The highest BCUT2D eigenvalue weighted by atomic mass is 35.5. The van der Waals surface area contributed by atoms with Crippen LogP contribution in [0.3, 0.4) is 0 Å². The number of H-pyrrole nitrogens is 1. The van der Waals surface area contributed by atoms with Crippen molar-refractivity contribution < 1.29 is 5.11 Å². The van der Waals surface area contributed by atoms with Crippen molar-refractivity contribution in [3.8, 4) is 0 Å². The van der Waals surface area contributed by atoms with Gasteiger partial charge in [-0.25, -0.2) is 0 Å². The lowest BCUT2D eigenvalue weighted by Crippen LogP contribution is -2.46. The van der Waals surface area contributed by atoms with Crippen LogP contribution in [-0.2, 0) is 13.0 Å². The number of aliphatic hydroxyl groups is 1. The fourth-order valence-corrected chi connectivity index (χ4v) is 5.50. The van der Waals surface area contributed by atoms with E-state index in [9.17, 15) is 5.11 Å². The lowest BCUT2D eigenvalue weighted by molar-refractivity contribution is 0.0287. The van der Waals surface area contributed by atoms with Crippen LogP contribution in [0.1, 0.15) is 67.7 Å². The van der Waals surface area contributed by atoms with E-state index in [-0.39, 0.29) is 12.0 Å². The Balaban J connectivity index is 1.45. The molecule has 2 fully saturated rings. The van der Waals surface area contributed by atoms with Gasteiger partial charge in [0, 0.05) is 40.7 Å². The Kier molecular flexibility index (Phi) is 6.39. The number of aliphatic hydroxyl groups excluding tert-OH is 1. The molecule has 0 bridgehead atoms. The number of aromatic amines is 1. The lowest BCUT2D eigenvalue weighted by atomic mass is 9.75. The van der Waals surface area contributed by atoms with Crippen LogP contribution in [0.25, 0.3) is 0 Å². The Labute approximate surface area is 173 Å². The van der Waals surface area contributed by atoms with Crippen molar-refractivity contribution in [1.29, 1.82) is 0 Å². The highest BCUT2D eigenvalue weighted by molar-refractivity contribution is 6.30. The second-order valence-electron chi connectivity index (χ2n) is 8.92. The Morgan fingerprint density at radius 3 is 2.86 bits per heavy atom. The maximum atomic E-state index is 10.3. The van der Waals surface area contributed by atoms with Crippen molar-refractivity contribution in [3.63, 3.8) is 0 Å². The molecule has 0 radical (unpaired) electrons. The Hall–Kier alpha value is -1.36. The van der Waals surface area contributed by atoms with Crippen molar-refractivity contribution in [1.82, 2.24) is 15.1 Å². The third-order valence-electron chi connectivity index (χ3n) is 6.70. The summed E-state index contributed by atoms with van der Waals surface area (Å²) in [5, 5.41) is 18.8. The van der Waals surface area contributed by atoms with Gasteiger partial charge in [-0.05, 0) is 56.3 Å². The smallest absolute Gasteiger partial charge is 0.0535 e. The van der Waals surface area contributed by atoms with Gasteiger partial charge in [-0.2, -0.15) is 5.10 Å². The first-order chi connectivity index (χ1) is 13.7. The van der Waals surface area contributed by atoms with Crippen LogP contribution in [0.15, 0.2) is 30.5 Å². The first-order valence-electron chi connectivity index (χ1n) is 10.8. The van der Waals surface area contributed by atoms with Gasteiger partial charge in [-0.1, -0.05) is 43.0 Å². The topological polar surface area (TPSA) is 52.1 Å². The summed E-state index contributed by atoms with van der Waals surface area (Å²) in [6.07, 6.45) is 11.7. The molecule has 4 nitrogen and oxygen atoms in total. The average Bonchev–Trinajstić information content (AvgIpc) is 3.17. The molecule has 0 unspecified atom stereocenters. The molecule has 2 N–H and O–H groups in total. The number of hydrogen-bond acceptors (Lipinski definition) is 3. The standard InChI is InChI=1S/C23H32ClN3O/c24-21-9-4-6-18(12-21)13-23(17-28)10-5-11-27(16-23)15-20-14-25-26-22(20)19-7-2-1-3-8-19/h4,6,9,12,14,19,28H,1-3,5,7-8,10-11,13,15-17H2,(H,25,26)/t23-/m1/s1. The number of rotatable bonds is 6. The van der Waals surface area contributed by atoms with Crippen molar-refractivity contribution >= 4 is 11.6 Å². The molecule has 1 aromatic heterocycles. The molecule has 1 aromatic carbocycles. The molecule has 0 spiro atoms. The highest BCUT2D eigenvalue weighted by Crippen LogP contribution is 2.36. The zero-order valence-corrected chi connectivity index (χ0v) is 17.4. The first kappa shape index (κ1) is 19.9. The van der Waals surface area contributed by atoms with Gasteiger partial charge in [0.15, 0.2) is 0 Å². The molecule has 1 aliphatic carbocycles. The van der Waals surface area contributed by atoms with Crippen LogP contribution in [-0.4, -0.2) is 39.9 Å². The van der Waals surface area contributed by atoms with E-state index in [0.29, 0.717) is 5.92 Å². The predicted octanol–water partition coefficient (Wildman–Crippen LogP) is 4.93. The maximum Gasteiger partial charge on any atom is 0.0535 e. The number of aromatic nitrogens is 2. The Morgan fingerprint density at radius 2 is 2.07 bits per heavy atom. The molecule has 1 saturated heterocycles. The van der Waals surface area contributed by atoms with Gasteiger partial charge in [0.1, 0.15) is 0 Å². The number of likely N-dealkylation sites (tertiary alicyclic amines) is 1. The fourth-order valence-electron chi connectivity index (χ4n) is 5.29. The number of nitrogens with zero attached hydrogens (tertiary/aromatic N) is 2.